The van der Waals surface area contributed by atoms with Crippen LogP contribution < -0.4 is 5.32 Å². The summed E-state index contributed by atoms with van der Waals surface area (Å²) in [5.41, 5.74) is 0.171. The molecule has 0 saturated carbocycles. The maximum absolute atomic E-state index is 11.7. The lowest BCUT2D eigenvalue weighted by Gasteiger charge is -2.21. The molecule has 6 heteroatoms. The predicted octanol–water partition coefficient (Wildman–Crippen LogP) is 2.21. The van der Waals surface area contributed by atoms with Gasteiger partial charge in [-0.3, -0.25) is 4.79 Å². The molecule has 0 fully saturated rings. The van der Waals surface area contributed by atoms with E-state index in [4.69, 9.17) is 9.47 Å². The second-order valence-corrected chi connectivity index (χ2v) is 5.74. The van der Waals surface area contributed by atoms with Gasteiger partial charge in [0.2, 0.25) is 0 Å². The summed E-state index contributed by atoms with van der Waals surface area (Å²) in [5, 5.41) is 2.32. The van der Waals surface area contributed by atoms with Crippen molar-refractivity contribution >= 4 is 18.3 Å². The molecule has 0 aliphatic rings. The number of benzene rings is 1. The fourth-order valence-corrected chi connectivity index (χ4v) is 1.57. The van der Waals surface area contributed by atoms with Gasteiger partial charge in [0.15, 0.2) is 0 Å². The van der Waals surface area contributed by atoms with Gasteiger partial charge in [-0.2, -0.15) is 0 Å². The molecule has 1 aromatic carbocycles. The minimum absolute atomic E-state index is 0.123. The van der Waals surface area contributed by atoms with Gasteiger partial charge in [0, 0.05) is 0 Å². The number of nitrogens with one attached hydrogen (secondary N) is 1. The smallest absolute Gasteiger partial charge is 0.408 e. The number of amides is 1. The number of rotatable bonds is 6. The first kappa shape index (κ1) is 17.7. The van der Waals surface area contributed by atoms with Crippen molar-refractivity contribution in [1.82, 2.24) is 5.32 Å². The van der Waals surface area contributed by atoms with Crippen LogP contribution in [-0.4, -0.2) is 30.0 Å². The van der Waals surface area contributed by atoms with Crippen LogP contribution in [0.5, 0.6) is 0 Å². The summed E-state index contributed by atoms with van der Waals surface area (Å²) >= 11 is 0. The van der Waals surface area contributed by atoms with Crippen molar-refractivity contribution in [1.29, 1.82) is 0 Å². The van der Waals surface area contributed by atoms with E-state index in [0.717, 1.165) is 5.56 Å². The molecule has 0 spiro atoms. The molecule has 6 nitrogen and oxygen atoms in total. The summed E-state index contributed by atoms with van der Waals surface area (Å²) in [6.07, 6.45) is -0.510. The van der Waals surface area contributed by atoms with Crippen LogP contribution in [0.3, 0.4) is 0 Å². The highest BCUT2D eigenvalue weighted by Crippen LogP contribution is 2.07. The minimum Gasteiger partial charge on any atom is -0.461 e. The van der Waals surface area contributed by atoms with Gasteiger partial charge in [0.05, 0.1) is 12.5 Å². The molecule has 1 N–H and O–H groups in total. The Morgan fingerprint density at radius 2 is 1.86 bits per heavy atom. The summed E-state index contributed by atoms with van der Waals surface area (Å²) in [6.45, 7) is 5.24. The summed E-state index contributed by atoms with van der Waals surface area (Å²) < 4.78 is 10.1. The molecule has 0 bridgehead atoms. The standard InChI is InChI=1S/C16H21NO5/c1-16(2,3)22-15(20)17-13(10-18)9-14(19)21-11-12-7-5-4-6-8-12/h4-8,10,13H,9,11H2,1-3H3,(H,17,20)/t13-/m1/s1. The van der Waals surface area contributed by atoms with Gasteiger partial charge in [-0.05, 0) is 26.3 Å². The molecule has 120 valence electrons. The Morgan fingerprint density at radius 1 is 1.23 bits per heavy atom. The number of ether oxygens (including phenoxy) is 2. The van der Waals surface area contributed by atoms with Crippen LogP contribution in [0.2, 0.25) is 0 Å². The van der Waals surface area contributed by atoms with Crippen molar-refractivity contribution in [3.8, 4) is 0 Å². The maximum atomic E-state index is 11.7. The molecule has 0 heterocycles. The van der Waals surface area contributed by atoms with E-state index in [1.165, 1.54) is 0 Å². The molecule has 0 saturated heterocycles. The van der Waals surface area contributed by atoms with Crippen molar-refractivity contribution in [2.75, 3.05) is 0 Å². The highest BCUT2D eigenvalue weighted by atomic mass is 16.6. The number of esters is 1. The molecule has 1 amide bonds. The lowest BCUT2D eigenvalue weighted by atomic mass is 10.2. The van der Waals surface area contributed by atoms with Gasteiger partial charge in [0.1, 0.15) is 18.5 Å². The van der Waals surface area contributed by atoms with Crippen molar-refractivity contribution in [2.24, 2.45) is 0 Å². The van der Waals surface area contributed by atoms with E-state index in [9.17, 15) is 14.4 Å². The predicted molar refractivity (Wildman–Crippen MR) is 80.1 cm³/mol. The second kappa shape index (κ2) is 8.17. The van der Waals surface area contributed by atoms with Crippen LogP contribution in [0, 0.1) is 0 Å². The van der Waals surface area contributed by atoms with Gasteiger partial charge < -0.3 is 19.6 Å². The van der Waals surface area contributed by atoms with Crippen LogP contribution in [0.25, 0.3) is 0 Å². The Hall–Kier alpha value is -2.37. The molecule has 22 heavy (non-hydrogen) atoms. The monoisotopic (exact) mass is 307 g/mol. The number of aldehydes is 1. The molecular formula is C16H21NO5. The Kier molecular flexibility index (Phi) is 6.56. The quantitative estimate of drug-likeness (QED) is 0.643. The molecule has 1 rings (SSSR count). The molecular weight excluding hydrogens is 286 g/mol. The SMILES string of the molecule is CC(C)(C)OC(=O)N[C@@H](C=O)CC(=O)OCc1ccccc1. The van der Waals surface area contributed by atoms with Crippen molar-refractivity contribution < 1.29 is 23.9 Å². The number of carbonyl (C=O) groups excluding carboxylic acids is 3. The molecule has 1 aromatic rings. The maximum Gasteiger partial charge on any atom is 0.408 e. The Labute approximate surface area is 129 Å². The molecule has 0 unspecified atom stereocenters. The first-order valence-electron chi connectivity index (χ1n) is 6.94. The molecule has 0 aliphatic heterocycles. The fourth-order valence-electron chi connectivity index (χ4n) is 1.57. The van der Waals surface area contributed by atoms with E-state index in [-0.39, 0.29) is 13.0 Å². The van der Waals surface area contributed by atoms with E-state index in [2.05, 4.69) is 5.32 Å². The van der Waals surface area contributed by atoms with Crippen LogP contribution in [0.4, 0.5) is 4.79 Å². The normalized spacial score (nSPS) is 12.1. The fraction of sp³-hybridized carbons (Fsp3) is 0.438. The summed E-state index contributed by atoms with van der Waals surface area (Å²) in [6, 6.07) is 8.20. The molecule has 1 atom stereocenters. The molecule has 0 radical (unpaired) electrons. The topological polar surface area (TPSA) is 81.7 Å². The average Bonchev–Trinajstić information content (AvgIpc) is 2.43. The summed E-state index contributed by atoms with van der Waals surface area (Å²) in [5.74, 6) is -0.572. The third kappa shape index (κ3) is 7.42. The number of alkyl carbamates (subject to hydrolysis) is 1. The number of hydrogen-bond acceptors (Lipinski definition) is 5. The first-order chi connectivity index (χ1) is 10.3. The second-order valence-electron chi connectivity index (χ2n) is 5.74. The van der Waals surface area contributed by atoms with Crippen molar-refractivity contribution in [2.45, 2.75) is 45.4 Å². The van der Waals surface area contributed by atoms with Crippen LogP contribution >= 0.6 is 0 Å². The zero-order valence-corrected chi connectivity index (χ0v) is 13.0. The van der Waals surface area contributed by atoms with E-state index in [1.807, 2.05) is 30.3 Å². The minimum atomic E-state index is -0.974. The zero-order chi connectivity index (χ0) is 16.6. The van der Waals surface area contributed by atoms with E-state index >= 15 is 0 Å². The van der Waals surface area contributed by atoms with Gasteiger partial charge in [-0.15, -0.1) is 0 Å². The van der Waals surface area contributed by atoms with E-state index in [1.54, 1.807) is 20.8 Å². The van der Waals surface area contributed by atoms with Gasteiger partial charge in [-0.25, -0.2) is 4.79 Å². The Morgan fingerprint density at radius 3 is 2.41 bits per heavy atom. The van der Waals surface area contributed by atoms with Crippen LogP contribution in [0.1, 0.15) is 32.8 Å². The van der Waals surface area contributed by atoms with Crippen LogP contribution in [-0.2, 0) is 25.7 Å². The van der Waals surface area contributed by atoms with E-state index < -0.39 is 23.7 Å². The Bertz CT molecular complexity index is 507. The molecule has 0 aromatic heterocycles. The van der Waals surface area contributed by atoms with Gasteiger partial charge in [-0.1, -0.05) is 30.3 Å². The summed E-state index contributed by atoms with van der Waals surface area (Å²) in [7, 11) is 0. The first-order valence-corrected chi connectivity index (χ1v) is 6.94. The zero-order valence-electron chi connectivity index (χ0n) is 13.0. The number of hydrogen-bond donors (Lipinski definition) is 1. The molecule has 0 aliphatic carbocycles. The lowest BCUT2D eigenvalue weighted by Crippen LogP contribution is -2.41. The third-order valence-electron chi connectivity index (χ3n) is 2.50. The van der Waals surface area contributed by atoms with Crippen LogP contribution in [0.15, 0.2) is 30.3 Å². The number of carbonyl (C=O) groups is 3. The average molecular weight is 307 g/mol. The van der Waals surface area contributed by atoms with Gasteiger partial charge in [0.25, 0.3) is 0 Å². The largest absolute Gasteiger partial charge is 0.461 e. The highest BCUT2D eigenvalue weighted by molar-refractivity contribution is 5.79. The summed E-state index contributed by atoms with van der Waals surface area (Å²) in [4.78, 5) is 34.2. The lowest BCUT2D eigenvalue weighted by molar-refractivity contribution is -0.146. The highest BCUT2D eigenvalue weighted by Gasteiger charge is 2.21. The van der Waals surface area contributed by atoms with E-state index in [0.29, 0.717) is 6.29 Å². The van der Waals surface area contributed by atoms with Crippen molar-refractivity contribution in [3.63, 3.8) is 0 Å². The Balaban J connectivity index is 2.40. The van der Waals surface area contributed by atoms with Crippen molar-refractivity contribution in [3.05, 3.63) is 35.9 Å². The third-order valence-corrected chi connectivity index (χ3v) is 2.50. The van der Waals surface area contributed by atoms with Gasteiger partial charge >= 0.3 is 12.1 Å².